The molecule has 28 heavy (non-hydrogen) atoms. The molecule has 2 fully saturated rings. The van der Waals surface area contributed by atoms with Gasteiger partial charge in [-0.25, -0.2) is 8.42 Å². The van der Waals surface area contributed by atoms with Gasteiger partial charge in [-0.15, -0.1) is 0 Å². The molecular formula is C21H25N3O3S. The highest BCUT2D eigenvalue weighted by atomic mass is 32.2. The van der Waals surface area contributed by atoms with Gasteiger partial charge >= 0.3 is 0 Å². The summed E-state index contributed by atoms with van der Waals surface area (Å²) in [4.78, 5) is 16.6. The number of pyridine rings is 1. The van der Waals surface area contributed by atoms with E-state index in [-0.39, 0.29) is 16.8 Å². The molecule has 0 saturated heterocycles. The van der Waals surface area contributed by atoms with Gasteiger partial charge in [-0.1, -0.05) is 6.42 Å². The zero-order valence-corrected chi connectivity index (χ0v) is 16.7. The number of rotatable bonds is 6. The highest BCUT2D eigenvalue weighted by Crippen LogP contribution is 2.49. The van der Waals surface area contributed by atoms with E-state index in [9.17, 15) is 13.2 Å². The van der Waals surface area contributed by atoms with E-state index < -0.39 is 10.0 Å². The van der Waals surface area contributed by atoms with Gasteiger partial charge in [0, 0.05) is 24.0 Å². The van der Waals surface area contributed by atoms with E-state index in [2.05, 4.69) is 21.9 Å². The highest BCUT2D eigenvalue weighted by Gasteiger charge is 2.42. The van der Waals surface area contributed by atoms with Crippen molar-refractivity contribution in [3.63, 3.8) is 0 Å². The Morgan fingerprint density at radius 1 is 1.07 bits per heavy atom. The monoisotopic (exact) mass is 399 g/mol. The molecule has 2 bridgehead atoms. The standard InChI is InChI=1S/C21H25N3O3S/c1-14(20-13-15-2-3-17(20)12-15)23-21(25)16-4-6-19(7-5-16)28(26,27)24-18-8-10-22-11-9-18/h4-11,14-15,17,20H,2-3,12-13H2,1H3,(H,22,24)(H,23,25)/t14-,15+,17+,20-/m1/s1. The third-order valence-corrected chi connectivity index (χ3v) is 7.55. The lowest BCUT2D eigenvalue weighted by Crippen LogP contribution is -2.40. The lowest BCUT2D eigenvalue weighted by molar-refractivity contribution is 0.0915. The molecule has 4 rings (SSSR count). The molecule has 0 aliphatic heterocycles. The summed E-state index contributed by atoms with van der Waals surface area (Å²) in [6.07, 6.45) is 8.18. The number of anilines is 1. The molecule has 2 N–H and O–H groups in total. The molecule has 6 nitrogen and oxygen atoms in total. The second kappa shape index (κ2) is 7.54. The number of nitrogens with one attached hydrogen (secondary N) is 2. The number of amides is 1. The number of nitrogens with zero attached hydrogens (tertiary/aromatic N) is 1. The minimum atomic E-state index is -3.71. The summed E-state index contributed by atoms with van der Waals surface area (Å²) >= 11 is 0. The minimum absolute atomic E-state index is 0.113. The van der Waals surface area contributed by atoms with Crippen molar-refractivity contribution < 1.29 is 13.2 Å². The zero-order valence-electron chi connectivity index (χ0n) is 15.8. The lowest BCUT2D eigenvalue weighted by Gasteiger charge is -2.28. The lowest BCUT2D eigenvalue weighted by atomic mass is 9.84. The number of carbonyl (C=O) groups is 1. The fourth-order valence-electron chi connectivity index (χ4n) is 4.72. The first-order chi connectivity index (χ1) is 13.4. The first-order valence-corrected chi connectivity index (χ1v) is 11.2. The van der Waals surface area contributed by atoms with E-state index in [1.807, 2.05) is 0 Å². The van der Waals surface area contributed by atoms with E-state index in [0.717, 1.165) is 11.8 Å². The maximum Gasteiger partial charge on any atom is 0.261 e. The number of hydrogen-bond donors (Lipinski definition) is 2. The fourth-order valence-corrected chi connectivity index (χ4v) is 5.78. The van der Waals surface area contributed by atoms with Gasteiger partial charge in [-0.05, 0) is 80.3 Å². The molecule has 148 valence electrons. The first-order valence-electron chi connectivity index (χ1n) is 9.76. The maximum absolute atomic E-state index is 12.6. The van der Waals surface area contributed by atoms with Gasteiger partial charge in [0.15, 0.2) is 0 Å². The predicted molar refractivity (Wildman–Crippen MR) is 107 cm³/mol. The molecule has 2 aromatic rings. The molecule has 2 aliphatic rings. The molecule has 0 unspecified atom stereocenters. The topological polar surface area (TPSA) is 88.2 Å². The molecular weight excluding hydrogens is 374 g/mol. The SMILES string of the molecule is C[C@@H](NC(=O)c1ccc(S(=O)(=O)Nc2ccncc2)cc1)[C@H]1C[C@H]2CC[C@H]1C2. The van der Waals surface area contributed by atoms with Gasteiger partial charge in [0.25, 0.3) is 15.9 Å². The maximum atomic E-state index is 12.6. The molecule has 4 atom stereocenters. The molecule has 1 heterocycles. The third-order valence-electron chi connectivity index (χ3n) is 6.15. The number of fused-ring (bicyclic) bond motifs is 2. The van der Waals surface area contributed by atoms with E-state index in [4.69, 9.17) is 0 Å². The smallest absolute Gasteiger partial charge is 0.261 e. The van der Waals surface area contributed by atoms with Crippen molar-refractivity contribution in [1.82, 2.24) is 10.3 Å². The van der Waals surface area contributed by atoms with Crippen molar-refractivity contribution in [2.45, 2.75) is 43.5 Å². The first kappa shape index (κ1) is 18.9. The summed E-state index contributed by atoms with van der Waals surface area (Å²) in [5.74, 6) is 1.99. The third kappa shape index (κ3) is 3.90. The van der Waals surface area contributed by atoms with Crippen molar-refractivity contribution in [3.8, 4) is 0 Å². The van der Waals surface area contributed by atoms with Crippen LogP contribution in [0.5, 0.6) is 0 Å². The van der Waals surface area contributed by atoms with Crippen LogP contribution >= 0.6 is 0 Å². The van der Waals surface area contributed by atoms with Crippen molar-refractivity contribution in [2.75, 3.05) is 4.72 Å². The number of hydrogen-bond acceptors (Lipinski definition) is 4. The number of aromatic nitrogens is 1. The zero-order chi connectivity index (χ0) is 19.7. The second-order valence-electron chi connectivity index (χ2n) is 7.97. The Balaban J connectivity index is 1.40. The van der Waals surface area contributed by atoms with Crippen LogP contribution in [0.15, 0.2) is 53.7 Å². The summed E-state index contributed by atoms with van der Waals surface area (Å²) in [5.41, 5.74) is 0.911. The molecule has 2 saturated carbocycles. The van der Waals surface area contributed by atoms with Crippen LogP contribution in [0, 0.1) is 17.8 Å². The van der Waals surface area contributed by atoms with Crippen LogP contribution in [0.2, 0.25) is 0 Å². The molecule has 1 amide bonds. The van der Waals surface area contributed by atoms with Gasteiger partial charge in [0.1, 0.15) is 0 Å². The normalized spacial score (nSPS) is 24.7. The predicted octanol–water partition coefficient (Wildman–Crippen LogP) is 3.44. The molecule has 0 spiro atoms. The van der Waals surface area contributed by atoms with Gasteiger partial charge < -0.3 is 5.32 Å². The largest absolute Gasteiger partial charge is 0.349 e. The summed E-state index contributed by atoms with van der Waals surface area (Å²) in [5, 5.41) is 3.11. The molecule has 1 aromatic carbocycles. The summed E-state index contributed by atoms with van der Waals surface area (Å²) < 4.78 is 27.5. The van der Waals surface area contributed by atoms with E-state index in [0.29, 0.717) is 17.2 Å². The summed E-state index contributed by atoms with van der Waals surface area (Å²) in [6.45, 7) is 2.08. The van der Waals surface area contributed by atoms with Crippen molar-refractivity contribution in [3.05, 3.63) is 54.4 Å². The van der Waals surface area contributed by atoms with Gasteiger partial charge in [-0.3, -0.25) is 14.5 Å². The van der Waals surface area contributed by atoms with Crippen LogP contribution < -0.4 is 10.0 Å². The minimum Gasteiger partial charge on any atom is -0.349 e. The Kier molecular flexibility index (Phi) is 5.10. The Labute approximate surface area is 165 Å². The van der Waals surface area contributed by atoms with Crippen molar-refractivity contribution >= 4 is 21.6 Å². The average molecular weight is 400 g/mol. The quantitative estimate of drug-likeness (QED) is 0.779. The van der Waals surface area contributed by atoms with Crippen LogP contribution in [0.25, 0.3) is 0 Å². The van der Waals surface area contributed by atoms with Crippen LogP contribution in [0.4, 0.5) is 5.69 Å². The molecule has 1 aromatic heterocycles. The van der Waals surface area contributed by atoms with E-state index in [1.54, 1.807) is 24.3 Å². The number of sulfonamides is 1. The van der Waals surface area contributed by atoms with Crippen molar-refractivity contribution in [1.29, 1.82) is 0 Å². The van der Waals surface area contributed by atoms with Crippen molar-refractivity contribution in [2.24, 2.45) is 17.8 Å². The Bertz CT molecular complexity index is 945. The summed E-state index contributed by atoms with van der Waals surface area (Å²) in [7, 11) is -3.71. The second-order valence-corrected chi connectivity index (χ2v) is 9.65. The number of carbonyl (C=O) groups excluding carboxylic acids is 1. The van der Waals surface area contributed by atoms with Crippen LogP contribution in [0.3, 0.4) is 0 Å². The molecule has 2 aliphatic carbocycles. The number of benzene rings is 1. The van der Waals surface area contributed by atoms with Crippen LogP contribution in [0.1, 0.15) is 43.0 Å². The van der Waals surface area contributed by atoms with Crippen LogP contribution in [-0.4, -0.2) is 25.4 Å². The summed E-state index contributed by atoms with van der Waals surface area (Å²) in [6, 6.07) is 9.33. The Morgan fingerprint density at radius 2 is 1.79 bits per heavy atom. The van der Waals surface area contributed by atoms with Gasteiger partial charge in [-0.2, -0.15) is 0 Å². The average Bonchev–Trinajstić information content (AvgIpc) is 3.32. The molecule has 0 radical (unpaired) electrons. The Morgan fingerprint density at radius 3 is 2.39 bits per heavy atom. The fraction of sp³-hybridized carbons (Fsp3) is 0.429. The van der Waals surface area contributed by atoms with E-state index in [1.165, 1.54) is 50.2 Å². The highest BCUT2D eigenvalue weighted by molar-refractivity contribution is 7.92. The van der Waals surface area contributed by atoms with Gasteiger partial charge in [0.05, 0.1) is 10.6 Å². The van der Waals surface area contributed by atoms with Gasteiger partial charge in [0.2, 0.25) is 0 Å². The molecule has 7 heteroatoms. The van der Waals surface area contributed by atoms with E-state index >= 15 is 0 Å². The Hall–Kier alpha value is -2.41. The van der Waals surface area contributed by atoms with Crippen LogP contribution in [-0.2, 0) is 10.0 Å².